The molecule has 0 atom stereocenters. The number of allylic oxidation sites excluding steroid dienone is 8. The van der Waals surface area contributed by atoms with E-state index in [4.69, 9.17) is 0 Å². The standard InChI is InChI=1S/C32H60P/c1-5-9-13-17-21-25-29-33(30-26-22-18-14-10-6-2,31-27-23-19-15-11-7-3)32-28-24-20-16-12-8-4/h5-12H,13-32H2,1-4H3/q+1/b9-5+,10-6+,11-7+,12-8+. The van der Waals surface area contributed by atoms with Crippen molar-refractivity contribution in [1.29, 1.82) is 0 Å². The van der Waals surface area contributed by atoms with Crippen LogP contribution in [0.1, 0.15) is 130 Å². The molecule has 0 bridgehead atoms. The van der Waals surface area contributed by atoms with Crippen molar-refractivity contribution in [3.8, 4) is 0 Å². The van der Waals surface area contributed by atoms with E-state index < -0.39 is 7.26 Å². The zero-order valence-corrected chi connectivity index (χ0v) is 24.1. The minimum Gasteiger partial charge on any atom is -0.0917 e. The molecule has 0 amide bonds. The lowest BCUT2D eigenvalue weighted by Gasteiger charge is -2.28. The van der Waals surface area contributed by atoms with Crippen LogP contribution in [-0.4, -0.2) is 24.6 Å². The number of hydrogen-bond donors (Lipinski definition) is 0. The molecular weight excluding hydrogens is 415 g/mol. The molecule has 0 unspecified atom stereocenters. The van der Waals surface area contributed by atoms with Crippen LogP contribution in [0.25, 0.3) is 0 Å². The summed E-state index contributed by atoms with van der Waals surface area (Å²) in [5.41, 5.74) is 0. The SMILES string of the molecule is C/C=C/CCCCC[P+](CCCCC/C=C/C)(CCCCC/C=C/C)CCCCC/C=C/C. The Bertz CT molecular complexity index is 403. The van der Waals surface area contributed by atoms with Crippen molar-refractivity contribution in [2.75, 3.05) is 24.6 Å². The topological polar surface area (TPSA) is 0 Å². The molecule has 0 N–H and O–H groups in total. The Morgan fingerprint density at radius 2 is 0.576 bits per heavy atom. The van der Waals surface area contributed by atoms with Crippen LogP contribution in [0.15, 0.2) is 48.6 Å². The first-order valence-electron chi connectivity index (χ1n) is 14.5. The highest BCUT2D eigenvalue weighted by Crippen LogP contribution is 2.61. The summed E-state index contributed by atoms with van der Waals surface area (Å²) in [6.45, 7) is 8.61. The molecule has 0 rings (SSSR count). The third-order valence-corrected chi connectivity index (χ3v) is 12.0. The molecule has 0 aromatic carbocycles. The van der Waals surface area contributed by atoms with Gasteiger partial charge in [0.1, 0.15) is 0 Å². The van der Waals surface area contributed by atoms with E-state index in [1.807, 2.05) is 0 Å². The minimum absolute atomic E-state index is 0.791. The van der Waals surface area contributed by atoms with Gasteiger partial charge >= 0.3 is 0 Å². The summed E-state index contributed by atoms with van der Waals surface area (Å²) in [6, 6.07) is 0. The van der Waals surface area contributed by atoms with E-state index in [2.05, 4.69) is 76.3 Å². The van der Waals surface area contributed by atoms with Crippen molar-refractivity contribution in [3.63, 3.8) is 0 Å². The fourth-order valence-corrected chi connectivity index (χ4v) is 9.80. The summed E-state index contributed by atoms with van der Waals surface area (Å²) < 4.78 is 0. The molecule has 0 saturated carbocycles. The minimum atomic E-state index is -0.791. The van der Waals surface area contributed by atoms with Crippen molar-refractivity contribution in [1.82, 2.24) is 0 Å². The lowest BCUT2D eigenvalue weighted by molar-refractivity contribution is 0.695. The molecule has 0 heterocycles. The van der Waals surface area contributed by atoms with Crippen LogP contribution in [0, 0.1) is 0 Å². The molecule has 0 aromatic rings. The van der Waals surface area contributed by atoms with Crippen molar-refractivity contribution < 1.29 is 0 Å². The Labute approximate surface area is 210 Å². The van der Waals surface area contributed by atoms with Crippen LogP contribution in [0.3, 0.4) is 0 Å². The molecule has 33 heavy (non-hydrogen) atoms. The van der Waals surface area contributed by atoms with E-state index in [9.17, 15) is 0 Å². The van der Waals surface area contributed by atoms with Crippen LogP contribution >= 0.6 is 7.26 Å². The molecule has 1 heteroatoms. The molecule has 0 aromatic heterocycles. The number of hydrogen-bond acceptors (Lipinski definition) is 0. The maximum absolute atomic E-state index is 2.35. The first-order chi connectivity index (χ1) is 16.2. The highest BCUT2D eigenvalue weighted by atomic mass is 31.2. The van der Waals surface area contributed by atoms with Crippen molar-refractivity contribution >= 4 is 7.26 Å². The van der Waals surface area contributed by atoms with Crippen LogP contribution in [0.2, 0.25) is 0 Å². The Hall–Kier alpha value is -0.610. The van der Waals surface area contributed by atoms with Gasteiger partial charge in [0.2, 0.25) is 0 Å². The van der Waals surface area contributed by atoms with Gasteiger partial charge < -0.3 is 0 Å². The van der Waals surface area contributed by atoms with Crippen LogP contribution < -0.4 is 0 Å². The van der Waals surface area contributed by atoms with Gasteiger partial charge in [-0.1, -0.05) is 48.6 Å². The Kier molecular flexibility index (Phi) is 25.5. The first kappa shape index (κ1) is 32.4. The smallest absolute Gasteiger partial charge is 0.0594 e. The zero-order chi connectivity index (χ0) is 24.3. The fourth-order valence-electron chi connectivity index (χ4n) is 4.88. The summed E-state index contributed by atoms with van der Waals surface area (Å²) in [6.07, 6.45) is 47.0. The van der Waals surface area contributed by atoms with Gasteiger partial charge in [-0.05, 0) is 130 Å². The fraction of sp³-hybridized carbons (Fsp3) is 0.750. The van der Waals surface area contributed by atoms with E-state index in [0.717, 1.165) is 0 Å². The van der Waals surface area contributed by atoms with Gasteiger partial charge in [0.05, 0.1) is 24.6 Å². The lowest BCUT2D eigenvalue weighted by atomic mass is 10.2. The molecule has 0 spiro atoms. The number of unbranched alkanes of at least 4 members (excludes halogenated alkanes) is 12. The van der Waals surface area contributed by atoms with Gasteiger partial charge in [0, 0.05) is 7.26 Å². The van der Waals surface area contributed by atoms with E-state index >= 15 is 0 Å². The average molecular weight is 476 g/mol. The first-order valence-corrected chi connectivity index (χ1v) is 17.1. The second kappa shape index (κ2) is 26.0. The predicted octanol–water partition coefficient (Wildman–Crippen LogP) is 11.5. The highest BCUT2D eigenvalue weighted by molar-refractivity contribution is 7.75. The summed E-state index contributed by atoms with van der Waals surface area (Å²) >= 11 is 0. The average Bonchev–Trinajstić information content (AvgIpc) is 2.83. The molecule has 0 nitrogen and oxygen atoms in total. The number of rotatable bonds is 24. The van der Waals surface area contributed by atoms with Crippen LogP contribution in [0.4, 0.5) is 0 Å². The third kappa shape index (κ3) is 21.6. The molecular formula is C32H60P+. The molecule has 192 valence electrons. The van der Waals surface area contributed by atoms with E-state index in [1.54, 1.807) is 24.6 Å². The monoisotopic (exact) mass is 475 g/mol. The highest BCUT2D eigenvalue weighted by Gasteiger charge is 2.34. The summed E-state index contributed by atoms with van der Waals surface area (Å²) in [5.74, 6) is 0. The second-order valence-corrected chi connectivity index (χ2v) is 14.4. The van der Waals surface area contributed by atoms with Gasteiger partial charge in [0.15, 0.2) is 0 Å². The molecule has 0 radical (unpaired) electrons. The van der Waals surface area contributed by atoms with Gasteiger partial charge in [-0.15, -0.1) is 0 Å². The Morgan fingerprint density at radius 3 is 0.788 bits per heavy atom. The van der Waals surface area contributed by atoms with Gasteiger partial charge in [-0.2, -0.15) is 0 Å². The lowest BCUT2D eigenvalue weighted by Crippen LogP contribution is -2.13. The maximum atomic E-state index is 2.35. The maximum Gasteiger partial charge on any atom is 0.0594 e. The van der Waals surface area contributed by atoms with Crippen molar-refractivity contribution in [2.45, 2.75) is 130 Å². The van der Waals surface area contributed by atoms with Gasteiger partial charge in [-0.25, -0.2) is 0 Å². The summed E-state index contributed by atoms with van der Waals surface area (Å²) in [7, 11) is -0.791. The third-order valence-electron chi connectivity index (χ3n) is 6.96. The molecule has 0 aliphatic carbocycles. The van der Waals surface area contributed by atoms with Crippen molar-refractivity contribution in [2.24, 2.45) is 0 Å². The van der Waals surface area contributed by atoms with E-state index in [1.165, 1.54) is 103 Å². The molecule has 0 aliphatic rings. The largest absolute Gasteiger partial charge is 0.0917 e. The Morgan fingerprint density at radius 1 is 0.333 bits per heavy atom. The van der Waals surface area contributed by atoms with E-state index in [-0.39, 0.29) is 0 Å². The van der Waals surface area contributed by atoms with Crippen molar-refractivity contribution in [3.05, 3.63) is 48.6 Å². The summed E-state index contributed by atoms with van der Waals surface area (Å²) in [4.78, 5) is 0. The Balaban J connectivity index is 4.87. The van der Waals surface area contributed by atoms with E-state index in [0.29, 0.717) is 0 Å². The molecule has 0 saturated heterocycles. The molecule has 0 fully saturated rings. The quantitative estimate of drug-likeness (QED) is 0.0739. The van der Waals surface area contributed by atoms with Gasteiger partial charge in [-0.3, -0.25) is 0 Å². The zero-order valence-electron chi connectivity index (χ0n) is 23.2. The normalized spacial score (nSPS) is 13.0. The predicted molar refractivity (Wildman–Crippen MR) is 160 cm³/mol. The van der Waals surface area contributed by atoms with Crippen LogP contribution in [0.5, 0.6) is 0 Å². The second-order valence-electron chi connectivity index (χ2n) is 9.91. The van der Waals surface area contributed by atoms with Crippen LogP contribution in [-0.2, 0) is 0 Å². The van der Waals surface area contributed by atoms with Gasteiger partial charge in [0.25, 0.3) is 0 Å². The summed E-state index contributed by atoms with van der Waals surface area (Å²) in [5, 5.41) is 0. The molecule has 0 aliphatic heterocycles.